The summed E-state index contributed by atoms with van der Waals surface area (Å²) in [5, 5.41) is 9.00. The Morgan fingerprint density at radius 1 is 1.14 bits per heavy atom. The maximum absolute atomic E-state index is 13.2. The number of hydrogen-bond donors (Lipinski definition) is 3. The van der Waals surface area contributed by atoms with Crippen molar-refractivity contribution in [2.45, 2.75) is 0 Å². The predicted octanol–water partition coefficient (Wildman–Crippen LogP) is 4.45. The van der Waals surface area contributed by atoms with E-state index in [9.17, 15) is 14.0 Å². The molecule has 4 aromatic rings. The summed E-state index contributed by atoms with van der Waals surface area (Å²) in [6.07, 6.45) is 0.894. The van der Waals surface area contributed by atoms with Gasteiger partial charge in [0, 0.05) is 59.0 Å². The third-order valence-corrected chi connectivity index (χ3v) is 6.28. The van der Waals surface area contributed by atoms with Crippen LogP contribution in [0.1, 0.15) is 0 Å². The summed E-state index contributed by atoms with van der Waals surface area (Å²) in [4.78, 5) is 39.2. The molecule has 0 aliphatic carbocycles. The molecule has 2 aromatic heterocycles. The first-order valence-electron chi connectivity index (χ1n) is 11.4. The van der Waals surface area contributed by atoms with E-state index in [1.54, 1.807) is 29.3 Å². The summed E-state index contributed by atoms with van der Waals surface area (Å²) in [6, 6.07) is 14.9. The Bertz CT molecular complexity index is 1470. The number of nitrogens with one attached hydrogen (secondary N) is 3. The highest BCUT2D eigenvalue weighted by Gasteiger charge is 2.20. The van der Waals surface area contributed by atoms with E-state index in [0.717, 1.165) is 10.0 Å². The third-order valence-electron chi connectivity index (χ3n) is 5.58. The number of ether oxygens (including phenoxy) is 1. The number of pyridine rings is 1. The minimum Gasteiger partial charge on any atom is -0.391 e. The normalized spacial score (nSPS) is 12.9. The van der Waals surface area contributed by atoms with E-state index in [0.29, 0.717) is 41.9 Å². The number of amides is 3. The number of fused-ring (bicyclic) bond motifs is 1. The average molecular weight is 566 g/mol. The van der Waals surface area contributed by atoms with Crippen LogP contribution < -0.4 is 20.7 Å². The van der Waals surface area contributed by atoms with Crippen LogP contribution in [0.15, 0.2) is 65.3 Å². The molecule has 3 heterocycles. The smallest absolute Gasteiger partial charge is 0.391 e. The van der Waals surface area contributed by atoms with Gasteiger partial charge < -0.3 is 25.6 Å². The van der Waals surface area contributed by atoms with Crippen molar-refractivity contribution in [3.05, 3.63) is 71.1 Å². The molecule has 1 fully saturated rings. The number of hydrogen-bond acceptors (Lipinski definition) is 7. The Kier molecular flexibility index (Phi) is 7.08. The van der Waals surface area contributed by atoms with Crippen LogP contribution in [0.25, 0.3) is 22.2 Å². The van der Waals surface area contributed by atoms with Gasteiger partial charge in [-0.25, -0.2) is 19.0 Å². The molecule has 5 rings (SSSR count). The first kappa shape index (κ1) is 24.4. The van der Waals surface area contributed by atoms with E-state index < -0.39 is 6.09 Å². The Morgan fingerprint density at radius 2 is 1.95 bits per heavy atom. The second-order valence-electron chi connectivity index (χ2n) is 8.09. The number of carbonyl (C=O) groups is 2. The SMILES string of the molecule is O=C(NCCN1CCNC1=O)Oc1nc2nc(Nc3ccc(F)cc3)ncc2cc1-c1ccccc1Br. The Labute approximate surface area is 219 Å². The molecule has 2 aromatic carbocycles. The van der Waals surface area contributed by atoms with Crippen molar-refractivity contribution in [1.29, 1.82) is 0 Å². The monoisotopic (exact) mass is 565 g/mol. The number of urea groups is 1. The van der Waals surface area contributed by atoms with E-state index >= 15 is 0 Å². The lowest BCUT2D eigenvalue weighted by molar-refractivity contribution is 0.195. The standard InChI is InChI=1S/C25H21BrFN7O3/c26-20-4-2-1-3-18(20)19-13-15-14-30-23(31-17-7-5-16(27)6-8-17)33-21(15)32-22(19)37-25(36)29-10-12-34-11-9-28-24(34)35/h1-8,13-14H,9-12H2,(H,28,35)(H,29,36)(H,30,31,32,33). The van der Waals surface area contributed by atoms with Crippen LogP contribution in [0.2, 0.25) is 0 Å². The summed E-state index contributed by atoms with van der Waals surface area (Å²) in [7, 11) is 0. The van der Waals surface area contributed by atoms with Crippen molar-refractivity contribution in [1.82, 2.24) is 30.5 Å². The molecule has 0 unspecified atom stereocenters. The Hall–Kier alpha value is -4.32. The zero-order valence-corrected chi connectivity index (χ0v) is 21.0. The molecule has 12 heteroatoms. The maximum Gasteiger partial charge on any atom is 0.414 e. The van der Waals surface area contributed by atoms with Crippen LogP contribution in [-0.2, 0) is 0 Å². The van der Waals surface area contributed by atoms with Crippen LogP contribution in [0.5, 0.6) is 5.88 Å². The highest BCUT2D eigenvalue weighted by atomic mass is 79.9. The average Bonchev–Trinajstić information content (AvgIpc) is 3.30. The molecule has 3 amide bonds. The molecule has 3 N–H and O–H groups in total. The molecule has 0 spiro atoms. The number of aromatic nitrogens is 3. The van der Waals surface area contributed by atoms with Gasteiger partial charge in [-0.2, -0.15) is 9.97 Å². The lowest BCUT2D eigenvalue weighted by Crippen LogP contribution is -2.37. The number of halogens is 2. The molecule has 0 saturated carbocycles. The first-order chi connectivity index (χ1) is 18.0. The van der Waals surface area contributed by atoms with Gasteiger partial charge in [0.2, 0.25) is 11.8 Å². The predicted molar refractivity (Wildman–Crippen MR) is 139 cm³/mol. The van der Waals surface area contributed by atoms with Gasteiger partial charge in [-0.1, -0.05) is 34.1 Å². The number of nitrogens with zero attached hydrogens (tertiary/aromatic N) is 4. The van der Waals surface area contributed by atoms with Gasteiger partial charge >= 0.3 is 12.1 Å². The Balaban J connectivity index is 1.41. The zero-order valence-electron chi connectivity index (χ0n) is 19.4. The van der Waals surface area contributed by atoms with Crippen molar-refractivity contribution in [3.63, 3.8) is 0 Å². The number of anilines is 2. The minimum absolute atomic E-state index is 0.0576. The van der Waals surface area contributed by atoms with Gasteiger partial charge in [0.05, 0.1) is 0 Å². The summed E-state index contributed by atoms with van der Waals surface area (Å²) in [5.74, 6) is -0.0446. The van der Waals surface area contributed by atoms with Crippen molar-refractivity contribution in [2.24, 2.45) is 0 Å². The van der Waals surface area contributed by atoms with E-state index in [2.05, 4.69) is 46.8 Å². The van der Waals surface area contributed by atoms with E-state index in [-0.39, 0.29) is 30.2 Å². The summed E-state index contributed by atoms with van der Waals surface area (Å²) >= 11 is 3.54. The van der Waals surface area contributed by atoms with Crippen molar-refractivity contribution < 1.29 is 18.7 Å². The quantitative estimate of drug-likeness (QED) is 0.302. The fourth-order valence-electron chi connectivity index (χ4n) is 3.76. The third kappa shape index (κ3) is 5.75. The number of carbonyl (C=O) groups excluding carboxylic acids is 2. The van der Waals surface area contributed by atoms with Crippen molar-refractivity contribution in [2.75, 3.05) is 31.5 Å². The van der Waals surface area contributed by atoms with Crippen LogP contribution in [-0.4, -0.2) is 58.2 Å². The van der Waals surface area contributed by atoms with Crippen molar-refractivity contribution >= 4 is 50.7 Å². The fraction of sp³-hybridized carbons (Fsp3) is 0.160. The van der Waals surface area contributed by atoms with Gasteiger partial charge in [-0.3, -0.25) is 0 Å². The van der Waals surface area contributed by atoms with Gasteiger partial charge in [0.15, 0.2) is 5.65 Å². The molecule has 10 nitrogen and oxygen atoms in total. The van der Waals surface area contributed by atoms with Crippen LogP contribution in [0.4, 0.5) is 25.6 Å². The number of rotatable bonds is 7. The molecule has 188 valence electrons. The van der Waals surface area contributed by atoms with Crippen molar-refractivity contribution in [3.8, 4) is 17.0 Å². The van der Waals surface area contributed by atoms with Gasteiger partial charge in [0.1, 0.15) is 5.82 Å². The molecule has 1 aliphatic rings. The van der Waals surface area contributed by atoms with Gasteiger partial charge in [-0.05, 0) is 36.4 Å². The van der Waals surface area contributed by atoms with Crippen LogP contribution in [0, 0.1) is 5.82 Å². The molecule has 37 heavy (non-hydrogen) atoms. The summed E-state index contributed by atoms with van der Waals surface area (Å²) in [5.41, 5.74) is 2.24. The molecule has 0 bridgehead atoms. The summed E-state index contributed by atoms with van der Waals surface area (Å²) in [6.45, 7) is 1.74. The molecule has 0 atom stereocenters. The highest BCUT2D eigenvalue weighted by Crippen LogP contribution is 2.36. The van der Waals surface area contributed by atoms with E-state index in [4.69, 9.17) is 4.74 Å². The van der Waals surface area contributed by atoms with Gasteiger partial charge in [0.25, 0.3) is 0 Å². The molecular weight excluding hydrogens is 545 g/mol. The Morgan fingerprint density at radius 3 is 2.70 bits per heavy atom. The minimum atomic E-state index is -0.710. The summed E-state index contributed by atoms with van der Waals surface area (Å²) < 4.78 is 19.6. The zero-order chi connectivity index (χ0) is 25.8. The largest absolute Gasteiger partial charge is 0.414 e. The maximum atomic E-state index is 13.2. The second kappa shape index (κ2) is 10.7. The second-order valence-corrected chi connectivity index (χ2v) is 8.95. The highest BCUT2D eigenvalue weighted by molar-refractivity contribution is 9.10. The van der Waals surface area contributed by atoms with Crippen LogP contribution in [0.3, 0.4) is 0 Å². The lowest BCUT2D eigenvalue weighted by Gasteiger charge is -2.15. The van der Waals surface area contributed by atoms with E-state index in [1.807, 2.05) is 24.3 Å². The number of benzene rings is 2. The first-order valence-corrected chi connectivity index (χ1v) is 12.2. The van der Waals surface area contributed by atoms with Gasteiger partial charge in [-0.15, -0.1) is 0 Å². The molecule has 1 aliphatic heterocycles. The lowest BCUT2D eigenvalue weighted by atomic mass is 10.1. The topological polar surface area (TPSA) is 121 Å². The van der Waals surface area contributed by atoms with Crippen LogP contribution >= 0.6 is 15.9 Å². The molecule has 1 saturated heterocycles. The molecular formula is C25H21BrFN7O3. The fourth-order valence-corrected chi connectivity index (χ4v) is 4.26. The van der Waals surface area contributed by atoms with E-state index in [1.165, 1.54) is 12.1 Å². The molecule has 0 radical (unpaired) electrons.